The molecule has 1 atom stereocenters. The van der Waals surface area contributed by atoms with Gasteiger partial charge in [0.2, 0.25) is 0 Å². The molecule has 4 heteroatoms. The molecule has 0 aliphatic carbocycles. The lowest BCUT2D eigenvalue weighted by Gasteiger charge is -2.34. The minimum absolute atomic E-state index is 0.479. The summed E-state index contributed by atoms with van der Waals surface area (Å²) >= 11 is 0. The Bertz CT molecular complexity index is 170. The fourth-order valence-corrected chi connectivity index (χ4v) is 1.97. The molecule has 0 radical (unpaired) electrons. The number of rotatable bonds is 7. The standard InChI is InChI=1S/C12H26N2O2/c1-11(2)8-13-9-12(10-15-3)14-4-6-16-7-5-14/h11-13H,4-10H2,1-3H3. The Morgan fingerprint density at radius 1 is 1.25 bits per heavy atom. The van der Waals surface area contributed by atoms with E-state index >= 15 is 0 Å². The average Bonchev–Trinajstić information content (AvgIpc) is 2.29. The molecular weight excluding hydrogens is 204 g/mol. The minimum atomic E-state index is 0.479. The number of morpholine rings is 1. The van der Waals surface area contributed by atoms with E-state index in [1.54, 1.807) is 7.11 Å². The molecule has 1 rings (SSSR count). The molecule has 1 aliphatic rings. The Labute approximate surface area is 99.3 Å². The van der Waals surface area contributed by atoms with Gasteiger partial charge in [0.25, 0.3) is 0 Å². The summed E-state index contributed by atoms with van der Waals surface area (Å²) in [5.41, 5.74) is 0. The molecule has 16 heavy (non-hydrogen) atoms. The summed E-state index contributed by atoms with van der Waals surface area (Å²) in [7, 11) is 1.77. The number of nitrogens with one attached hydrogen (secondary N) is 1. The highest BCUT2D eigenvalue weighted by Gasteiger charge is 2.20. The van der Waals surface area contributed by atoms with Crippen LogP contribution in [0.3, 0.4) is 0 Å². The maximum absolute atomic E-state index is 5.37. The number of ether oxygens (including phenoxy) is 2. The Morgan fingerprint density at radius 2 is 1.94 bits per heavy atom. The molecule has 0 bridgehead atoms. The predicted molar refractivity (Wildman–Crippen MR) is 65.8 cm³/mol. The van der Waals surface area contributed by atoms with Gasteiger partial charge in [-0.1, -0.05) is 13.8 Å². The van der Waals surface area contributed by atoms with Crippen LogP contribution in [0, 0.1) is 5.92 Å². The fraction of sp³-hybridized carbons (Fsp3) is 1.00. The molecule has 1 heterocycles. The van der Waals surface area contributed by atoms with Gasteiger partial charge in [0, 0.05) is 32.8 Å². The molecule has 0 saturated carbocycles. The maximum atomic E-state index is 5.37. The largest absolute Gasteiger partial charge is 0.383 e. The molecule has 1 unspecified atom stereocenters. The molecule has 4 nitrogen and oxygen atoms in total. The second kappa shape index (κ2) is 8.01. The van der Waals surface area contributed by atoms with Crippen LogP contribution < -0.4 is 5.32 Å². The molecule has 0 amide bonds. The van der Waals surface area contributed by atoms with Crippen molar-refractivity contribution in [3.8, 4) is 0 Å². The minimum Gasteiger partial charge on any atom is -0.383 e. The normalized spacial score (nSPS) is 20.2. The van der Waals surface area contributed by atoms with Crippen LogP contribution >= 0.6 is 0 Å². The molecule has 0 aromatic carbocycles. The van der Waals surface area contributed by atoms with Gasteiger partial charge < -0.3 is 14.8 Å². The van der Waals surface area contributed by atoms with Crippen molar-refractivity contribution in [2.45, 2.75) is 19.9 Å². The zero-order chi connectivity index (χ0) is 11.8. The van der Waals surface area contributed by atoms with Crippen LogP contribution in [0.1, 0.15) is 13.8 Å². The molecule has 1 N–H and O–H groups in total. The third-order valence-corrected chi connectivity index (χ3v) is 2.85. The Morgan fingerprint density at radius 3 is 2.50 bits per heavy atom. The van der Waals surface area contributed by atoms with Crippen molar-refractivity contribution in [2.24, 2.45) is 5.92 Å². The SMILES string of the molecule is COCC(CNCC(C)C)N1CCOCC1. The van der Waals surface area contributed by atoms with Gasteiger partial charge in [0.1, 0.15) is 0 Å². The van der Waals surface area contributed by atoms with Gasteiger partial charge in [-0.25, -0.2) is 0 Å². The van der Waals surface area contributed by atoms with Crippen molar-refractivity contribution >= 4 is 0 Å². The maximum Gasteiger partial charge on any atom is 0.0630 e. The summed E-state index contributed by atoms with van der Waals surface area (Å²) in [6, 6.07) is 0.479. The molecule has 1 fully saturated rings. The lowest BCUT2D eigenvalue weighted by molar-refractivity contribution is -0.00283. The van der Waals surface area contributed by atoms with E-state index in [4.69, 9.17) is 9.47 Å². The molecular formula is C12H26N2O2. The first-order chi connectivity index (χ1) is 7.74. The second-order valence-corrected chi connectivity index (χ2v) is 4.81. The fourth-order valence-electron chi connectivity index (χ4n) is 1.97. The summed E-state index contributed by atoms with van der Waals surface area (Å²) in [6.07, 6.45) is 0. The highest BCUT2D eigenvalue weighted by atomic mass is 16.5. The lowest BCUT2D eigenvalue weighted by atomic mass is 10.2. The average molecular weight is 230 g/mol. The zero-order valence-electron chi connectivity index (χ0n) is 10.9. The lowest BCUT2D eigenvalue weighted by Crippen LogP contribution is -2.50. The van der Waals surface area contributed by atoms with E-state index in [2.05, 4.69) is 24.1 Å². The molecule has 0 spiro atoms. The third kappa shape index (κ3) is 5.25. The van der Waals surface area contributed by atoms with E-state index in [-0.39, 0.29) is 0 Å². The summed E-state index contributed by atoms with van der Waals surface area (Å²) in [5, 5.41) is 3.50. The van der Waals surface area contributed by atoms with E-state index in [0.717, 1.165) is 46.0 Å². The van der Waals surface area contributed by atoms with E-state index in [9.17, 15) is 0 Å². The summed E-state index contributed by atoms with van der Waals surface area (Å²) in [5.74, 6) is 0.702. The molecule has 0 aromatic rings. The molecule has 0 aromatic heterocycles. The van der Waals surface area contributed by atoms with Crippen LogP contribution in [0.5, 0.6) is 0 Å². The van der Waals surface area contributed by atoms with Gasteiger partial charge in [-0.05, 0) is 12.5 Å². The summed E-state index contributed by atoms with van der Waals surface area (Å²) in [4.78, 5) is 2.46. The number of nitrogens with zero attached hydrogens (tertiary/aromatic N) is 1. The van der Waals surface area contributed by atoms with Crippen LogP contribution in [-0.2, 0) is 9.47 Å². The van der Waals surface area contributed by atoms with Gasteiger partial charge >= 0.3 is 0 Å². The van der Waals surface area contributed by atoms with Crippen molar-refractivity contribution in [3.05, 3.63) is 0 Å². The first-order valence-electron chi connectivity index (χ1n) is 6.25. The Balaban J connectivity index is 2.27. The highest BCUT2D eigenvalue weighted by molar-refractivity contribution is 4.76. The van der Waals surface area contributed by atoms with Crippen LogP contribution in [0.4, 0.5) is 0 Å². The third-order valence-electron chi connectivity index (χ3n) is 2.85. The number of hydrogen-bond donors (Lipinski definition) is 1. The van der Waals surface area contributed by atoms with Crippen LogP contribution in [-0.4, -0.2) is 64.1 Å². The Hall–Kier alpha value is -0.160. The quantitative estimate of drug-likeness (QED) is 0.694. The van der Waals surface area contributed by atoms with Crippen molar-refractivity contribution < 1.29 is 9.47 Å². The van der Waals surface area contributed by atoms with Gasteiger partial charge in [-0.3, -0.25) is 4.90 Å². The van der Waals surface area contributed by atoms with Gasteiger partial charge in [-0.15, -0.1) is 0 Å². The van der Waals surface area contributed by atoms with E-state index < -0.39 is 0 Å². The van der Waals surface area contributed by atoms with E-state index in [1.165, 1.54) is 0 Å². The second-order valence-electron chi connectivity index (χ2n) is 4.81. The van der Waals surface area contributed by atoms with Gasteiger partial charge in [-0.2, -0.15) is 0 Å². The molecule has 96 valence electrons. The first-order valence-corrected chi connectivity index (χ1v) is 6.25. The zero-order valence-corrected chi connectivity index (χ0v) is 10.9. The van der Waals surface area contributed by atoms with E-state index in [0.29, 0.717) is 12.0 Å². The highest BCUT2D eigenvalue weighted by Crippen LogP contribution is 2.04. The predicted octanol–water partition coefficient (Wildman–Crippen LogP) is 0.579. The summed E-state index contributed by atoms with van der Waals surface area (Å²) in [6.45, 7) is 11.1. The summed E-state index contributed by atoms with van der Waals surface area (Å²) < 4.78 is 10.7. The van der Waals surface area contributed by atoms with Gasteiger partial charge in [0.15, 0.2) is 0 Å². The first kappa shape index (κ1) is 13.9. The smallest absolute Gasteiger partial charge is 0.0630 e. The molecule has 1 saturated heterocycles. The van der Waals surface area contributed by atoms with Crippen molar-refractivity contribution in [1.29, 1.82) is 0 Å². The Kier molecular flexibility index (Phi) is 6.96. The topological polar surface area (TPSA) is 33.7 Å². The van der Waals surface area contributed by atoms with Gasteiger partial charge in [0.05, 0.1) is 19.8 Å². The monoisotopic (exact) mass is 230 g/mol. The van der Waals surface area contributed by atoms with Crippen molar-refractivity contribution in [1.82, 2.24) is 10.2 Å². The van der Waals surface area contributed by atoms with Crippen LogP contribution in [0.25, 0.3) is 0 Å². The van der Waals surface area contributed by atoms with Crippen LogP contribution in [0.2, 0.25) is 0 Å². The van der Waals surface area contributed by atoms with Crippen molar-refractivity contribution in [3.63, 3.8) is 0 Å². The van der Waals surface area contributed by atoms with Crippen molar-refractivity contribution in [2.75, 3.05) is 53.1 Å². The van der Waals surface area contributed by atoms with Crippen LogP contribution in [0.15, 0.2) is 0 Å². The number of methoxy groups -OCH3 is 1. The number of hydrogen-bond acceptors (Lipinski definition) is 4. The molecule has 1 aliphatic heterocycles. The van der Waals surface area contributed by atoms with E-state index in [1.807, 2.05) is 0 Å².